The molecular formula is C12H23ClN2O2. The minimum Gasteiger partial charge on any atom is -0.375 e. The smallest absolute Gasteiger partial charge is 0.227 e. The molecule has 1 N–H and O–H groups in total. The third kappa shape index (κ3) is 3.83. The van der Waals surface area contributed by atoms with Gasteiger partial charge in [0, 0.05) is 19.6 Å². The van der Waals surface area contributed by atoms with Crippen LogP contribution in [0.2, 0.25) is 0 Å². The monoisotopic (exact) mass is 262 g/mol. The maximum atomic E-state index is 12.2. The van der Waals surface area contributed by atoms with E-state index in [-0.39, 0.29) is 24.4 Å². The van der Waals surface area contributed by atoms with Crippen LogP contribution in [-0.4, -0.2) is 49.7 Å². The van der Waals surface area contributed by atoms with Gasteiger partial charge in [0.05, 0.1) is 18.6 Å². The standard InChI is InChI=1S/C12H22N2O2.ClH/c1-2-11-9-14(6-7-16-11)12(15)10-4-3-5-13-8-10;/h10-11,13H,2-9H2,1H3;1H. The number of morpholine rings is 1. The normalized spacial score (nSPS) is 29.6. The van der Waals surface area contributed by atoms with Crippen LogP contribution in [-0.2, 0) is 9.53 Å². The summed E-state index contributed by atoms with van der Waals surface area (Å²) < 4.78 is 5.59. The minimum absolute atomic E-state index is 0. The second-order valence-electron chi connectivity index (χ2n) is 4.73. The maximum absolute atomic E-state index is 12.2. The molecule has 0 saturated carbocycles. The lowest BCUT2D eigenvalue weighted by Gasteiger charge is -2.35. The van der Waals surface area contributed by atoms with E-state index in [1.165, 1.54) is 0 Å². The van der Waals surface area contributed by atoms with Crippen molar-refractivity contribution in [2.75, 3.05) is 32.8 Å². The van der Waals surface area contributed by atoms with Crippen molar-refractivity contribution in [2.24, 2.45) is 5.92 Å². The van der Waals surface area contributed by atoms with Crippen LogP contribution < -0.4 is 5.32 Å². The summed E-state index contributed by atoms with van der Waals surface area (Å²) in [6.07, 6.45) is 3.40. The SMILES string of the molecule is CCC1CN(C(=O)C2CCCNC2)CCO1.Cl. The molecule has 0 aromatic rings. The average molecular weight is 263 g/mol. The van der Waals surface area contributed by atoms with Crippen molar-refractivity contribution >= 4 is 18.3 Å². The molecule has 4 nitrogen and oxygen atoms in total. The second kappa shape index (κ2) is 7.19. The molecule has 5 heteroatoms. The molecule has 2 aliphatic rings. The van der Waals surface area contributed by atoms with Crippen LogP contribution in [0.25, 0.3) is 0 Å². The van der Waals surface area contributed by atoms with Gasteiger partial charge in [-0.25, -0.2) is 0 Å². The van der Waals surface area contributed by atoms with Crippen LogP contribution in [0.5, 0.6) is 0 Å². The Hall–Kier alpha value is -0.320. The molecule has 0 spiro atoms. The van der Waals surface area contributed by atoms with Gasteiger partial charge in [-0.3, -0.25) is 4.79 Å². The molecule has 1 amide bonds. The van der Waals surface area contributed by atoms with E-state index >= 15 is 0 Å². The van der Waals surface area contributed by atoms with E-state index in [1.54, 1.807) is 0 Å². The van der Waals surface area contributed by atoms with E-state index in [0.717, 1.165) is 45.4 Å². The van der Waals surface area contributed by atoms with Gasteiger partial charge in [-0.2, -0.15) is 0 Å². The van der Waals surface area contributed by atoms with Crippen molar-refractivity contribution in [1.82, 2.24) is 10.2 Å². The molecule has 0 aromatic carbocycles. The van der Waals surface area contributed by atoms with Crippen molar-refractivity contribution in [2.45, 2.75) is 32.3 Å². The highest BCUT2D eigenvalue weighted by atomic mass is 35.5. The van der Waals surface area contributed by atoms with Gasteiger partial charge >= 0.3 is 0 Å². The molecule has 2 aliphatic heterocycles. The van der Waals surface area contributed by atoms with Gasteiger partial charge in [0.2, 0.25) is 5.91 Å². The molecule has 0 radical (unpaired) electrons. The lowest BCUT2D eigenvalue weighted by atomic mass is 9.97. The molecule has 0 aliphatic carbocycles. The van der Waals surface area contributed by atoms with Gasteiger partial charge < -0.3 is 15.0 Å². The molecule has 2 saturated heterocycles. The Bertz CT molecular complexity index is 245. The molecule has 2 fully saturated rings. The van der Waals surface area contributed by atoms with Gasteiger partial charge in [0.1, 0.15) is 0 Å². The van der Waals surface area contributed by atoms with E-state index in [4.69, 9.17) is 4.74 Å². The second-order valence-corrected chi connectivity index (χ2v) is 4.73. The number of ether oxygens (including phenoxy) is 1. The van der Waals surface area contributed by atoms with E-state index in [1.807, 2.05) is 4.90 Å². The van der Waals surface area contributed by atoms with Crippen LogP contribution in [0.4, 0.5) is 0 Å². The predicted octanol–water partition coefficient (Wildman–Crippen LogP) is 1.05. The predicted molar refractivity (Wildman–Crippen MR) is 69.5 cm³/mol. The lowest BCUT2D eigenvalue weighted by Crippen LogP contribution is -2.50. The first-order valence-corrected chi connectivity index (χ1v) is 6.42. The van der Waals surface area contributed by atoms with E-state index in [9.17, 15) is 4.79 Å². The van der Waals surface area contributed by atoms with Crippen molar-refractivity contribution in [1.29, 1.82) is 0 Å². The number of carbonyl (C=O) groups is 1. The quantitative estimate of drug-likeness (QED) is 0.809. The Kier molecular flexibility index (Phi) is 6.23. The summed E-state index contributed by atoms with van der Waals surface area (Å²) in [5, 5.41) is 3.30. The Morgan fingerprint density at radius 1 is 1.53 bits per heavy atom. The first-order chi connectivity index (χ1) is 7.81. The summed E-state index contributed by atoms with van der Waals surface area (Å²) in [6.45, 7) is 6.28. The third-order valence-corrected chi connectivity index (χ3v) is 3.55. The number of halogens is 1. The van der Waals surface area contributed by atoms with Crippen molar-refractivity contribution in [3.63, 3.8) is 0 Å². The molecular weight excluding hydrogens is 240 g/mol. The zero-order valence-corrected chi connectivity index (χ0v) is 11.3. The fourth-order valence-corrected chi connectivity index (χ4v) is 2.49. The van der Waals surface area contributed by atoms with Gasteiger partial charge in [0.25, 0.3) is 0 Å². The summed E-state index contributed by atoms with van der Waals surface area (Å²) in [7, 11) is 0. The average Bonchev–Trinajstić information content (AvgIpc) is 2.39. The highest BCUT2D eigenvalue weighted by Gasteiger charge is 2.29. The summed E-state index contributed by atoms with van der Waals surface area (Å²) >= 11 is 0. The summed E-state index contributed by atoms with van der Waals surface area (Å²) in [5.74, 6) is 0.526. The van der Waals surface area contributed by atoms with Gasteiger partial charge in [0.15, 0.2) is 0 Å². The molecule has 2 atom stereocenters. The van der Waals surface area contributed by atoms with Crippen molar-refractivity contribution < 1.29 is 9.53 Å². The van der Waals surface area contributed by atoms with E-state index < -0.39 is 0 Å². The molecule has 17 heavy (non-hydrogen) atoms. The number of hydrogen-bond acceptors (Lipinski definition) is 3. The maximum Gasteiger partial charge on any atom is 0.227 e. The number of hydrogen-bond donors (Lipinski definition) is 1. The van der Waals surface area contributed by atoms with Crippen LogP contribution in [0.3, 0.4) is 0 Å². The summed E-state index contributed by atoms with van der Waals surface area (Å²) in [5.41, 5.74) is 0. The Morgan fingerprint density at radius 3 is 3.00 bits per heavy atom. The Morgan fingerprint density at radius 2 is 2.35 bits per heavy atom. The summed E-state index contributed by atoms with van der Waals surface area (Å²) in [4.78, 5) is 14.2. The van der Waals surface area contributed by atoms with Gasteiger partial charge in [-0.15, -0.1) is 12.4 Å². The van der Waals surface area contributed by atoms with Gasteiger partial charge in [-0.05, 0) is 25.8 Å². The highest BCUT2D eigenvalue weighted by Crippen LogP contribution is 2.16. The van der Waals surface area contributed by atoms with Gasteiger partial charge in [-0.1, -0.05) is 6.92 Å². The fourth-order valence-electron chi connectivity index (χ4n) is 2.49. The number of nitrogens with zero attached hydrogens (tertiary/aromatic N) is 1. The Balaban J connectivity index is 0.00000144. The van der Waals surface area contributed by atoms with E-state index in [2.05, 4.69) is 12.2 Å². The minimum atomic E-state index is 0. The largest absolute Gasteiger partial charge is 0.375 e. The van der Waals surface area contributed by atoms with Crippen molar-refractivity contribution in [3.05, 3.63) is 0 Å². The number of amides is 1. The van der Waals surface area contributed by atoms with Crippen LogP contribution in [0.1, 0.15) is 26.2 Å². The number of piperidine rings is 1. The zero-order chi connectivity index (χ0) is 11.4. The highest BCUT2D eigenvalue weighted by molar-refractivity contribution is 5.85. The molecule has 2 heterocycles. The molecule has 0 aromatic heterocycles. The molecule has 2 rings (SSSR count). The fraction of sp³-hybridized carbons (Fsp3) is 0.917. The summed E-state index contributed by atoms with van der Waals surface area (Å²) in [6, 6.07) is 0. The molecule has 2 unspecified atom stereocenters. The van der Waals surface area contributed by atoms with Crippen LogP contribution >= 0.6 is 12.4 Å². The number of carbonyl (C=O) groups excluding carboxylic acids is 1. The topological polar surface area (TPSA) is 41.6 Å². The first-order valence-electron chi connectivity index (χ1n) is 6.42. The molecule has 0 bridgehead atoms. The zero-order valence-electron chi connectivity index (χ0n) is 10.5. The lowest BCUT2D eigenvalue weighted by molar-refractivity contribution is -0.143. The van der Waals surface area contributed by atoms with Crippen LogP contribution in [0, 0.1) is 5.92 Å². The number of rotatable bonds is 2. The number of nitrogens with one attached hydrogen (secondary N) is 1. The van der Waals surface area contributed by atoms with Crippen LogP contribution in [0.15, 0.2) is 0 Å². The Labute approximate surface area is 109 Å². The van der Waals surface area contributed by atoms with Crippen molar-refractivity contribution in [3.8, 4) is 0 Å². The first kappa shape index (κ1) is 14.7. The van der Waals surface area contributed by atoms with E-state index in [0.29, 0.717) is 12.5 Å². The molecule has 100 valence electrons. The third-order valence-electron chi connectivity index (χ3n) is 3.55.